The van der Waals surface area contributed by atoms with E-state index in [1.807, 2.05) is 26.8 Å². The summed E-state index contributed by atoms with van der Waals surface area (Å²) in [6, 6.07) is 0.327. The summed E-state index contributed by atoms with van der Waals surface area (Å²) >= 11 is 0. The van der Waals surface area contributed by atoms with E-state index in [0.717, 1.165) is 25.7 Å². The molecule has 1 aliphatic carbocycles. The van der Waals surface area contributed by atoms with Crippen molar-refractivity contribution in [1.82, 2.24) is 0 Å². The zero-order chi connectivity index (χ0) is 16.8. The van der Waals surface area contributed by atoms with E-state index in [1.54, 1.807) is 6.08 Å². The SMILES string of the molecule is CCC[C@H]1C[C@H](N)C[C@H](N)C[C@H](/C=C\C(=O)OC(C)(C)C)C1. The Bertz CT molecular complexity index is 374. The molecule has 0 aromatic carbocycles. The summed E-state index contributed by atoms with van der Waals surface area (Å²) in [6.45, 7) is 7.84. The van der Waals surface area contributed by atoms with Crippen molar-refractivity contribution in [2.45, 2.75) is 83.9 Å². The summed E-state index contributed by atoms with van der Waals surface area (Å²) < 4.78 is 5.33. The summed E-state index contributed by atoms with van der Waals surface area (Å²) in [6.07, 6.45) is 9.81. The fourth-order valence-corrected chi connectivity index (χ4v) is 3.37. The Kier molecular flexibility index (Phi) is 7.57. The third-order valence-corrected chi connectivity index (χ3v) is 4.09. The number of nitrogens with two attached hydrogens (primary N) is 2. The van der Waals surface area contributed by atoms with Crippen molar-refractivity contribution in [3.63, 3.8) is 0 Å². The molecule has 0 radical (unpaired) electrons. The molecule has 1 rings (SSSR count). The van der Waals surface area contributed by atoms with E-state index in [2.05, 4.69) is 6.92 Å². The van der Waals surface area contributed by atoms with Gasteiger partial charge < -0.3 is 16.2 Å². The van der Waals surface area contributed by atoms with Crippen molar-refractivity contribution < 1.29 is 9.53 Å². The normalized spacial score (nSPS) is 30.8. The van der Waals surface area contributed by atoms with Crippen LogP contribution in [-0.2, 0) is 9.53 Å². The lowest BCUT2D eigenvalue weighted by molar-refractivity contribution is -0.148. The van der Waals surface area contributed by atoms with Crippen molar-refractivity contribution in [3.8, 4) is 0 Å². The van der Waals surface area contributed by atoms with Crippen molar-refractivity contribution in [2.24, 2.45) is 23.3 Å². The van der Waals surface area contributed by atoms with Crippen molar-refractivity contribution in [1.29, 1.82) is 0 Å². The minimum absolute atomic E-state index is 0.117. The Morgan fingerprint density at radius 2 is 1.77 bits per heavy atom. The Morgan fingerprint density at radius 1 is 1.14 bits per heavy atom. The molecule has 4 atom stereocenters. The average Bonchev–Trinajstić information content (AvgIpc) is 2.32. The van der Waals surface area contributed by atoms with Gasteiger partial charge in [-0.2, -0.15) is 0 Å². The van der Waals surface area contributed by atoms with Gasteiger partial charge in [0.05, 0.1) is 0 Å². The molecular weight excluding hydrogens is 276 g/mol. The summed E-state index contributed by atoms with van der Waals surface area (Å²) in [7, 11) is 0. The van der Waals surface area contributed by atoms with Crippen LogP contribution in [0.3, 0.4) is 0 Å². The van der Waals surface area contributed by atoms with Crippen LogP contribution in [0.25, 0.3) is 0 Å². The van der Waals surface area contributed by atoms with E-state index >= 15 is 0 Å². The van der Waals surface area contributed by atoms with Crippen molar-refractivity contribution in [2.75, 3.05) is 0 Å². The molecular formula is C18H34N2O2. The smallest absolute Gasteiger partial charge is 0.330 e. The first-order chi connectivity index (χ1) is 10.2. The van der Waals surface area contributed by atoms with Crippen LogP contribution >= 0.6 is 0 Å². The van der Waals surface area contributed by atoms with Gasteiger partial charge >= 0.3 is 5.97 Å². The van der Waals surface area contributed by atoms with Gasteiger partial charge in [-0.15, -0.1) is 0 Å². The third-order valence-electron chi connectivity index (χ3n) is 4.09. The first-order valence-corrected chi connectivity index (χ1v) is 8.62. The standard InChI is InChI=1S/C18H34N2O2/c1-5-6-13-9-14(11-16(20)12-15(19)10-13)7-8-17(21)22-18(2,3)4/h7-8,13-16H,5-6,9-12,19-20H2,1-4H3/b8-7-/t13-,14-,15+,16-/m1/s1. The molecule has 4 nitrogen and oxygen atoms in total. The van der Waals surface area contributed by atoms with Gasteiger partial charge in [-0.25, -0.2) is 4.79 Å². The first-order valence-electron chi connectivity index (χ1n) is 8.62. The molecule has 1 fully saturated rings. The summed E-state index contributed by atoms with van der Waals surface area (Å²) in [5, 5.41) is 0. The van der Waals surface area contributed by atoms with Crippen LogP contribution < -0.4 is 11.5 Å². The third kappa shape index (κ3) is 7.95. The summed E-state index contributed by atoms with van der Waals surface area (Å²) in [4.78, 5) is 11.8. The summed E-state index contributed by atoms with van der Waals surface area (Å²) in [5.74, 6) is 0.694. The maximum atomic E-state index is 11.8. The van der Waals surface area contributed by atoms with Gasteiger partial charge in [-0.1, -0.05) is 25.8 Å². The van der Waals surface area contributed by atoms with E-state index in [-0.39, 0.29) is 18.1 Å². The number of allylic oxidation sites excluding steroid dienone is 1. The van der Waals surface area contributed by atoms with Crippen LogP contribution in [-0.4, -0.2) is 23.7 Å². The molecule has 0 aromatic heterocycles. The molecule has 22 heavy (non-hydrogen) atoms. The Labute approximate surface area is 135 Å². The topological polar surface area (TPSA) is 78.3 Å². The molecule has 0 unspecified atom stereocenters. The van der Waals surface area contributed by atoms with E-state index in [4.69, 9.17) is 16.2 Å². The van der Waals surface area contributed by atoms with Crippen molar-refractivity contribution >= 4 is 5.97 Å². The minimum atomic E-state index is -0.448. The number of ether oxygens (including phenoxy) is 1. The molecule has 1 saturated carbocycles. The van der Waals surface area contributed by atoms with Crippen LogP contribution in [0.5, 0.6) is 0 Å². The van der Waals surface area contributed by atoms with Gasteiger partial charge in [0.25, 0.3) is 0 Å². The molecule has 1 aliphatic rings. The molecule has 0 amide bonds. The first kappa shape index (κ1) is 19.2. The van der Waals surface area contributed by atoms with Crippen LogP contribution in [0.15, 0.2) is 12.2 Å². The van der Waals surface area contributed by atoms with Crippen molar-refractivity contribution in [3.05, 3.63) is 12.2 Å². The second-order valence-corrected chi connectivity index (χ2v) is 7.77. The predicted molar refractivity (Wildman–Crippen MR) is 91.3 cm³/mol. The highest BCUT2D eigenvalue weighted by Crippen LogP contribution is 2.29. The highest BCUT2D eigenvalue weighted by molar-refractivity contribution is 5.82. The zero-order valence-electron chi connectivity index (χ0n) is 14.7. The van der Waals surface area contributed by atoms with E-state index < -0.39 is 5.60 Å². The fourth-order valence-electron chi connectivity index (χ4n) is 3.37. The molecule has 0 bridgehead atoms. The maximum absolute atomic E-state index is 11.8. The number of esters is 1. The molecule has 0 aliphatic heterocycles. The number of hydrogen-bond acceptors (Lipinski definition) is 4. The predicted octanol–water partition coefficient (Wildman–Crippen LogP) is 3.15. The lowest BCUT2D eigenvalue weighted by Crippen LogP contribution is -2.37. The van der Waals surface area contributed by atoms with Crippen LogP contribution in [0, 0.1) is 11.8 Å². The second kappa shape index (κ2) is 8.68. The van der Waals surface area contributed by atoms with Gasteiger partial charge in [0, 0.05) is 18.2 Å². The van der Waals surface area contributed by atoms with E-state index in [1.165, 1.54) is 12.8 Å². The lowest BCUT2D eigenvalue weighted by Gasteiger charge is -2.30. The van der Waals surface area contributed by atoms with Gasteiger partial charge in [0.15, 0.2) is 0 Å². The van der Waals surface area contributed by atoms with Crippen LogP contribution in [0.2, 0.25) is 0 Å². The van der Waals surface area contributed by atoms with Gasteiger partial charge in [-0.3, -0.25) is 0 Å². The summed E-state index contributed by atoms with van der Waals surface area (Å²) in [5.41, 5.74) is 11.9. The molecule has 0 spiro atoms. The highest BCUT2D eigenvalue weighted by Gasteiger charge is 2.24. The number of carbonyl (C=O) groups is 1. The second-order valence-electron chi connectivity index (χ2n) is 7.77. The maximum Gasteiger partial charge on any atom is 0.330 e. The number of rotatable bonds is 4. The molecule has 0 heterocycles. The Morgan fingerprint density at radius 3 is 2.36 bits per heavy atom. The van der Waals surface area contributed by atoms with Crippen LogP contribution in [0.1, 0.15) is 66.2 Å². The number of carbonyl (C=O) groups excluding carboxylic acids is 1. The van der Waals surface area contributed by atoms with Gasteiger partial charge in [0.2, 0.25) is 0 Å². The fraction of sp³-hybridized carbons (Fsp3) is 0.833. The Hall–Kier alpha value is -0.870. The Balaban J connectivity index is 2.66. The lowest BCUT2D eigenvalue weighted by atomic mass is 9.79. The quantitative estimate of drug-likeness (QED) is 0.617. The van der Waals surface area contributed by atoms with E-state index in [0.29, 0.717) is 11.8 Å². The van der Waals surface area contributed by atoms with Crippen LogP contribution in [0.4, 0.5) is 0 Å². The minimum Gasteiger partial charge on any atom is -0.457 e. The molecule has 0 aromatic rings. The molecule has 128 valence electrons. The monoisotopic (exact) mass is 310 g/mol. The largest absolute Gasteiger partial charge is 0.457 e. The molecule has 4 N–H and O–H groups in total. The average molecular weight is 310 g/mol. The molecule has 4 heteroatoms. The van der Waals surface area contributed by atoms with E-state index in [9.17, 15) is 4.79 Å². The zero-order valence-corrected chi connectivity index (χ0v) is 14.7. The molecule has 0 saturated heterocycles. The van der Waals surface area contributed by atoms with Gasteiger partial charge in [0.1, 0.15) is 5.60 Å². The van der Waals surface area contributed by atoms with Gasteiger partial charge in [-0.05, 0) is 58.3 Å². The highest BCUT2D eigenvalue weighted by atomic mass is 16.6. The number of hydrogen-bond donors (Lipinski definition) is 2.